The quantitative estimate of drug-likeness (QED) is 0.543. The van der Waals surface area contributed by atoms with Crippen molar-refractivity contribution in [3.63, 3.8) is 0 Å². The number of likely N-dealkylation sites (tertiary alicyclic amines) is 1. The molecule has 0 radical (unpaired) electrons. The third kappa shape index (κ3) is 5.95. The molecule has 9 nitrogen and oxygen atoms in total. The molecule has 1 aromatic rings. The van der Waals surface area contributed by atoms with Crippen LogP contribution in [-0.4, -0.2) is 55.4 Å². The second kappa shape index (κ2) is 11.2. The van der Waals surface area contributed by atoms with E-state index in [1.807, 2.05) is 25.1 Å². The predicted molar refractivity (Wildman–Crippen MR) is 108 cm³/mol. The van der Waals surface area contributed by atoms with Gasteiger partial charge in [0.2, 0.25) is 11.8 Å². The summed E-state index contributed by atoms with van der Waals surface area (Å²) >= 11 is 0. The number of nitrogens with zero attached hydrogens (tertiary/aromatic N) is 1. The molecule has 164 valence electrons. The number of hydrogen-bond acceptors (Lipinski definition) is 6. The molecule has 1 aromatic carbocycles. The Hall–Kier alpha value is -3.10. The molecule has 3 N–H and O–H groups in total. The Bertz CT molecular complexity index is 782. The highest BCUT2D eigenvalue weighted by Crippen LogP contribution is 2.41. The summed E-state index contributed by atoms with van der Waals surface area (Å²) in [5.74, 6) is -1.97. The smallest absolute Gasteiger partial charge is 0.311 e. The van der Waals surface area contributed by atoms with Gasteiger partial charge in [-0.15, -0.1) is 0 Å². The van der Waals surface area contributed by atoms with Crippen LogP contribution in [0.3, 0.4) is 0 Å². The van der Waals surface area contributed by atoms with Gasteiger partial charge in [-0.1, -0.05) is 31.5 Å². The molecule has 3 amide bonds. The summed E-state index contributed by atoms with van der Waals surface area (Å²) in [7, 11) is 1.54. The van der Waals surface area contributed by atoms with Crippen LogP contribution < -0.4 is 15.8 Å². The number of methoxy groups -OCH3 is 1. The van der Waals surface area contributed by atoms with Gasteiger partial charge >= 0.3 is 5.97 Å². The van der Waals surface area contributed by atoms with Gasteiger partial charge in [0.05, 0.1) is 25.6 Å². The van der Waals surface area contributed by atoms with Crippen LogP contribution in [0, 0.1) is 5.92 Å². The second-order valence-corrected chi connectivity index (χ2v) is 7.12. The van der Waals surface area contributed by atoms with E-state index in [0.717, 1.165) is 18.4 Å². The van der Waals surface area contributed by atoms with E-state index in [0.29, 0.717) is 18.7 Å². The lowest BCUT2D eigenvalue weighted by Gasteiger charge is -2.40. The van der Waals surface area contributed by atoms with Gasteiger partial charge in [-0.2, -0.15) is 0 Å². The summed E-state index contributed by atoms with van der Waals surface area (Å²) in [6, 6.07) is 6.72. The van der Waals surface area contributed by atoms with Crippen LogP contribution in [-0.2, 0) is 23.9 Å². The number of piperidine rings is 1. The van der Waals surface area contributed by atoms with Crippen LogP contribution >= 0.6 is 0 Å². The number of nitrogens with two attached hydrogens (primary N) is 1. The highest BCUT2D eigenvalue weighted by molar-refractivity contribution is 5.87. The zero-order valence-electron chi connectivity index (χ0n) is 17.4. The van der Waals surface area contributed by atoms with Gasteiger partial charge in [0.25, 0.3) is 5.91 Å². The molecular weight excluding hydrogens is 390 g/mol. The zero-order chi connectivity index (χ0) is 22.1. The number of benzene rings is 1. The van der Waals surface area contributed by atoms with Crippen molar-refractivity contribution in [1.29, 1.82) is 0 Å². The van der Waals surface area contributed by atoms with Gasteiger partial charge in [-0.05, 0) is 18.9 Å². The zero-order valence-corrected chi connectivity index (χ0v) is 17.4. The molecule has 30 heavy (non-hydrogen) atoms. The summed E-state index contributed by atoms with van der Waals surface area (Å²) in [6.45, 7) is 1.69. The van der Waals surface area contributed by atoms with E-state index in [4.69, 9.17) is 15.2 Å². The van der Waals surface area contributed by atoms with Crippen molar-refractivity contribution in [2.45, 2.75) is 38.6 Å². The number of primary amides is 1. The first-order valence-corrected chi connectivity index (χ1v) is 10.0. The van der Waals surface area contributed by atoms with Crippen molar-refractivity contribution in [1.82, 2.24) is 10.2 Å². The van der Waals surface area contributed by atoms with Crippen molar-refractivity contribution in [3.8, 4) is 5.75 Å². The molecule has 1 aliphatic heterocycles. The summed E-state index contributed by atoms with van der Waals surface area (Å²) in [6.07, 6.45) is 2.24. The van der Waals surface area contributed by atoms with E-state index in [2.05, 4.69) is 5.32 Å². The van der Waals surface area contributed by atoms with Crippen LogP contribution in [0.2, 0.25) is 0 Å². The standard InChI is InChI=1S/C21H29N3O6/c1-3-4-11-24-19(27)10-9-15(20(24)14-7-5-6-8-16(14)29-2)21(28)30-13-18(26)23-12-17(22)25/h5-8,15,20H,3-4,9-13H2,1-2H3,(H2,22,25)(H,23,26)/t15-,20+/m0/s1. The normalized spacial score (nSPS) is 18.6. The number of para-hydroxylation sites is 1. The molecule has 2 atom stereocenters. The summed E-state index contributed by atoms with van der Waals surface area (Å²) in [4.78, 5) is 49.8. The molecule has 0 aliphatic carbocycles. The van der Waals surface area contributed by atoms with Crippen LogP contribution in [0.1, 0.15) is 44.2 Å². The van der Waals surface area contributed by atoms with E-state index in [1.54, 1.807) is 11.0 Å². The number of unbranched alkanes of at least 4 members (excludes halogenated alkanes) is 1. The minimum Gasteiger partial charge on any atom is -0.496 e. The van der Waals surface area contributed by atoms with Crippen molar-refractivity contribution in [2.24, 2.45) is 11.7 Å². The van der Waals surface area contributed by atoms with Crippen molar-refractivity contribution >= 4 is 23.7 Å². The molecule has 0 bridgehead atoms. The Labute approximate surface area is 175 Å². The minimum absolute atomic E-state index is 0.0254. The monoisotopic (exact) mass is 419 g/mol. The maximum atomic E-state index is 12.9. The predicted octanol–water partition coefficient (Wildman–Crippen LogP) is 0.920. The molecule has 0 unspecified atom stereocenters. The van der Waals surface area contributed by atoms with Crippen molar-refractivity contribution < 1.29 is 28.7 Å². The molecular formula is C21H29N3O6. The maximum Gasteiger partial charge on any atom is 0.311 e. The van der Waals surface area contributed by atoms with Gasteiger partial charge in [-0.3, -0.25) is 19.2 Å². The van der Waals surface area contributed by atoms with E-state index in [1.165, 1.54) is 7.11 Å². The molecule has 0 saturated carbocycles. The SMILES string of the molecule is CCCCN1C(=O)CC[C@H](C(=O)OCC(=O)NCC(N)=O)[C@H]1c1ccccc1OC. The van der Waals surface area contributed by atoms with Crippen LogP contribution in [0.4, 0.5) is 0 Å². The minimum atomic E-state index is -0.691. The van der Waals surface area contributed by atoms with Crippen LogP contribution in [0.25, 0.3) is 0 Å². The maximum absolute atomic E-state index is 12.9. The first-order valence-electron chi connectivity index (χ1n) is 10.0. The van der Waals surface area contributed by atoms with Crippen LogP contribution in [0.5, 0.6) is 5.75 Å². The molecule has 0 aromatic heterocycles. The Balaban J connectivity index is 2.24. The Morgan fingerprint density at radius 2 is 2.00 bits per heavy atom. The van der Waals surface area contributed by atoms with Crippen molar-refractivity contribution in [2.75, 3.05) is 26.8 Å². The van der Waals surface area contributed by atoms with Gasteiger partial charge in [-0.25, -0.2) is 0 Å². The van der Waals surface area contributed by atoms with Gasteiger partial charge in [0.1, 0.15) is 5.75 Å². The first-order chi connectivity index (χ1) is 14.4. The number of amides is 3. The third-order valence-electron chi connectivity index (χ3n) is 5.02. The van der Waals surface area contributed by atoms with Gasteiger partial charge in [0, 0.05) is 18.5 Å². The Morgan fingerprint density at radius 3 is 2.67 bits per heavy atom. The van der Waals surface area contributed by atoms with E-state index in [9.17, 15) is 19.2 Å². The Kier molecular flexibility index (Phi) is 8.64. The highest BCUT2D eigenvalue weighted by Gasteiger charge is 2.42. The topological polar surface area (TPSA) is 128 Å². The number of ether oxygens (including phenoxy) is 2. The van der Waals surface area contributed by atoms with E-state index in [-0.39, 0.29) is 18.9 Å². The van der Waals surface area contributed by atoms with Gasteiger partial charge in [0.15, 0.2) is 6.61 Å². The molecule has 1 heterocycles. The summed E-state index contributed by atoms with van der Waals surface area (Å²) < 4.78 is 10.7. The lowest BCUT2D eigenvalue weighted by atomic mass is 9.83. The molecule has 1 fully saturated rings. The third-order valence-corrected chi connectivity index (χ3v) is 5.02. The average Bonchev–Trinajstić information content (AvgIpc) is 2.74. The van der Waals surface area contributed by atoms with Crippen molar-refractivity contribution in [3.05, 3.63) is 29.8 Å². The number of hydrogen-bond donors (Lipinski definition) is 2. The largest absolute Gasteiger partial charge is 0.496 e. The number of rotatable bonds is 10. The average molecular weight is 419 g/mol. The number of carbonyl (C=O) groups is 4. The lowest BCUT2D eigenvalue weighted by molar-refractivity contribution is -0.159. The number of carbonyl (C=O) groups excluding carboxylic acids is 4. The molecule has 2 rings (SSSR count). The fraction of sp³-hybridized carbons (Fsp3) is 0.524. The molecule has 1 saturated heterocycles. The fourth-order valence-corrected chi connectivity index (χ4v) is 3.57. The summed E-state index contributed by atoms with van der Waals surface area (Å²) in [5.41, 5.74) is 5.71. The Morgan fingerprint density at radius 1 is 1.27 bits per heavy atom. The fourth-order valence-electron chi connectivity index (χ4n) is 3.57. The number of esters is 1. The molecule has 0 spiro atoms. The second-order valence-electron chi connectivity index (χ2n) is 7.12. The van der Waals surface area contributed by atoms with E-state index >= 15 is 0 Å². The highest BCUT2D eigenvalue weighted by atomic mass is 16.5. The summed E-state index contributed by atoms with van der Waals surface area (Å²) in [5, 5.41) is 2.27. The first kappa shape index (κ1) is 23.2. The lowest BCUT2D eigenvalue weighted by Crippen LogP contribution is -2.46. The van der Waals surface area contributed by atoms with Gasteiger partial charge < -0.3 is 25.4 Å². The van der Waals surface area contributed by atoms with Crippen LogP contribution in [0.15, 0.2) is 24.3 Å². The van der Waals surface area contributed by atoms with E-state index < -0.39 is 36.4 Å². The molecule has 9 heteroatoms. The molecule has 1 aliphatic rings. The number of nitrogens with one attached hydrogen (secondary N) is 1.